The number of rotatable bonds is 0. The second-order valence-corrected chi connectivity index (χ2v) is 5.13. The van der Waals surface area contributed by atoms with Gasteiger partial charge in [-0.25, -0.2) is 0 Å². The summed E-state index contributed by atoms with van der Waals surface area (Å²) in [6.45, 7) is 4.25. The fourth-order valence-electron chi connectivity index (χ4n) is 2.12. The summed E-state index contributed by atoms with van der Waals surface area (Å²) in [7, 11) is 0. The van der Waals surface area contributed by atoms with Crippen LogP contribution in [-0.2, 0) is 9.59 Å². The highest BCUT2D eigenvalue weighted by Crippen LogP contribution is 2.15. The monoisotopic (exact) mass is 296 g/mol. The summed E-state index contributed by atoms with van der Waals surface area (Å²) < 4.78 is 0. The summed E-state index contributed by atoms with van der Waals surface area (Å²) in [5.74, 6) is 0. The number of hydrogen-bond acceptors (Lipinski definition) is 2. The van der Waals surface area contributed by atoms with Crippen LogP contribution >= 0.6 is 0 Å². The fourth-order valence-corrected chi connectivity index (χ4v) is 2.12. The number of hydrogen-bond donors (Lipinski definition) is 0. The molecule has 2 saturated carbocycles. The predicted molar refractivity (Wildman–Crippen MR) is 89.5 cm³/mol. The topological polar surface area (TPSA) is 78.7 Å². The number of carbonyl (C=O) groups excluding carboxylic acids is 2. The summed E-state index contributed by atoms with van der Waals surface area (Å²) in [5.41, 5.74) is 0. The molecule has 2 fully saturated rings. The summed E-state index contributed by atoms with van der Waals surface area (Å²) in [5, 5.41) is 13.5. The normalized spacial score (nSPS) is 15.3. The minimum atomic E-state index is 0.500. The van der Waals surface area contributed by atoms with Crippen molar-refractivity contribution in [2.75, 3.05) is 0 Å². The highest BCUT2D eigenvalue weighted by molar-refractivity contribution is 5.37. The first kappa shape index (κ1) is 24.8. The Morgan fingerprint density at radius 3 is 0.667 bits per heavy atom. The van der Waals surface area contributed by atoms with Crippen LogP contribution in [0, 0.1) is 0 Å². The molecule has 0 unspecified atom stereocenters. The zero-order valence-electron chi connectivity index (χ0n) is 13.9. The predicted octanol–water partition coefficient (Wildman–Crippen LogP) is 5.88. The van der Waals surface area contributed by atoms with E-state index >= 15 is 0 Å². The minimum absolute atomic E-state index is 0.500. The van der Waals surface area contributed by atoms with Crippen LogP contribution in [0.2, 0.25) is 0 Å². The molecule has 0 amide bonds. The van der Waals surface area contributed by atoms with Crippen LogP contribution in [0.3, 0.4) is 0 Å². The molecule has 0 aliphatic heterocycles. The van der Waals surface area contributed by atoms with E-state index in [9.17, 15) is 0 Å². The number of isocyanates is 2. The smallest absolute Gasteiger partial charge is 0.0159 e. The van der Waals surface area contributed by atoms with Crippen LogP contribution in [-0.4, -0.2) is 12.2 Å². The fraction of sp³-hybridized carbons (Fsp3) is 0.882. The maximum atomic E-state index is 8.24. The molecule has 2 aliphatic rings. The lowest BCUT2D eigenvalue weighted by Crippen LogP contribution is -1.85. The van der Waals surface area contributed by atoms with Crippen molar-refractivity contribution >= 4 is 12.2 Å². The Hall–Kier alpha value is -1.24. The van der Waals surface area contributed by atoms with E-state index in [2.05, 4.69) is 13.8 Å². The molecular formula is C17H32N2O2-2. The maximum Gasteiger partial charge on any atom is -0.0159 e. The van der Waals surface area contributed by atoms with Crippen LogP contribution in [0.4, 0.5) is 0 Å². The SMILES string of the molecule is C1CCCCC1.C1CCCCC1.CCC.[N-]=C=O.[N-]=C=O. The molecule has 0 heterocycles. The lowest BCUT2D eigenvalue weighted by atomic mass is 10.0. The highest BCUT2D eigenvalue weighted by atomic mass is 16.1. The Kier molecular flexibility index (Phi) is 36.8. The lowest BCUT2D eigenvalue weighted by Gasteiger charge is -2.05. The zero-order chi connectivity index (χ0) is 16.6. The summed E-state index contributed by atoms with van der Waals surface area (Å²) in [6.07, 6.45) is 20.2. The second kappa shape index (κ2) is 31.3. The molecule has 0 N–H and O–H groups in total. The average molecular weight is 296 g/mol. The standard InChI is InChI=1S/2C6H12.C3H8.2CNO/c2*1-2-4-6-5-3-1;1-3-2;2*2-1-3/h2*1-6H2;3H2,1-2H3;;/q;;;2*-1. The van der Waals surface area contributed by atoms with Gasteiger partial charge in [0.2, 0.25) is 0 Å². The van der Waals surface area contributed by atoms with Gasteiger partial charge in [-0.05, 0) is 12.2 Å². The largest absolute Gasteiger partial charge is 0.724 e. The molecule has 2 aliphatic carbocycles. The quantitative estimate of drug-likeness (QED) is 0.413. The molecule has 0 aromatic rings. The molecule has 4 heteroatoms. The van der Waals surface area contributed by atoms with E-state index in [0.717, 1.165) is 0 Å². The first-order chi connectivity index (χ1) is 10.2. The van der Waals surface area contributed by atoms with Gasteiger partial charge in [0.15, 0.2) is 0 Å². The van der Waals surface area contributed by atoms with E-state index < -0.39 is 0 Å². The van der Waals surface area contributed by atoms with Gasteiger partial charge in [0.1, 0.15) is 0 Å². The molecule has 21 heavy (non-hydrogen) atoms. The van der Waals surface area contributed by atoms with Crippen molar-refractivity contribution in [1.82, 2.24) is 0 Å². The molecule has 4 nitrogen and oxygen atoms in total. The van der Waals surface area contributed by atoms with Gasteiger partial charge in [0.05, 0.1) is 0 Å². The summed E-state index contributed by atoms with van der Waals surface area (Å²) >= 11 is 0. The summed E-state index contributed by atoms with van der Waals surface area (Å²) in [4.78, 5) is 16.5. The van der Waals surface area contributed by atoms with Crippen LogP contribution in [0.5, 0.6) is 0 Å². The third-order valence-electron chi connectivity index (χ3n) is 3.00. The number of nitrogens with zero attached hydrogens (tertiary/aromatic N) is 2. The lowest BCUT2D eigenvalue weighted by molar-refractivity contribution is 0.504. The van der Waals surface area contributed by atoms with Gasteiger partial charge in [-0.1, -0.05) is 97.3 Å². The van der Waals surface area contributed by atoms with Crippen molar-refractivity contribution in [1.29, 1.82) is 0 Å². The van der Waals surface area contributed by atoms with Crippen LogP contribution < -0.4 is 0 Å². The van der Waals surface area contributed by atoms with E-state index in [1.54, 1.807) is 0 Å². The first-order valence-electron chi connectivity index (χ1n) is 8.27. The van der Waals surface area contributed by atoms with Gasteiger partial charge < -0.3 is 10.8 Å². The molecule has 0 atom stereocenters. The molecule has 0 saturated heterocycles. The van der Waals surface area contributed by atoms with Gasteiger partial charge in [0.25, 0.3) is 0 Å². The van der Waals surface area contributed by atoms with Crippen molar-refractivity contribution in [3.63, 3.8) is 0 Å². The maximum absolute atomic E-state index is 8.24. The Morgan fingerprint density at radius 1 is 0.571 bits per heavy atom. The van der Waals surface area contributed by atoms with Crippen molar-refractivity contribution < 1.29 is 9.59 Å². The van der Waals surface area contributed by atoms with Crippen molar-refractivity contribution in [3.8, 4) is 0 Å². The molecule has 0 aromatic carbocycles. The first-order valence-corrected chi connectivity index (χ1v) is 8.27. The van der Waals surface area contributed by atoms with E-state index in [1.165, 1.54) is 83.5 Å². The average Bonchev–Trinajstić information content (AvgIpc) is 2.54. The second-order valence-electron chi connectivity index (χ2n) is 5.13. The zero-order valence-corrected chi connectivity index (χ0v) is 13.9. The van der Waals surface area contributed by atoms with Crippen LogP contribution in [0.1, 0.15) is 97.3 Å². The molecule has 0 spiro atoms. The van der Waals surface area contributed by atoms with Gasteiger partial charge in [-0.15, -0.1) is 0 Å². The van der Waals surface area contributed by atoms with Gasteiger partial charge >= 0.3 is 0 Å². The molecule has 0 bridgehead atoms. The van der Waals surface area contributed by atoms with E-state index in [0.29, 0.717) is 12.2 Å². The molecular weight excluding hydrogens is 264 g/mol. The van der Waals surface area contributed by atoms with Gasteiger partial charge in [-0.3, -0.25) is 9.59 Å². The molecule has 2 rings (SSSR count). The Morgan fingerprint density at radius 2 is 0.619 bits per heavy atom. The van der Waals surface area contributed by atoms with Crippen molar-refractivity contribution in [2.45, 2.75) is 97.3 Å². The van der Waals surface area contributed by atoms with E-state index in [1.807, 2.05) is 0 Å². The van der Waals surface area contributed by atoms with E-state index in [-0.39, 0.29) is 0 Å². The molecule has 0 radical (unpaired) electrons. The Balaban J connectivity index is -0.000000204. The Bertz CT molecular complexity index is 176. The van der Waals surface area contributed by atoms with Crippen LogP contribution in [0.15, 0.2) is 0 Å². The van der Waals surface area contributed by atoms with Crippen LogP contribution in [0.25, 0.3) is 10.8 Å². The third-order valence-corrected chi connectivity index (χ3v) is 3.00. The van der Waals surface area contributed by atoms with Gasteiger partial charge in [0, 0.05) is 0 Å². The highest BCUT2D eigenvalue weighted by Gasteiger charge is 1.96. The van der Waals surface area contributed by atoms with E-state index in [4.69, 9.17) is 20.4 Å². The van der Waals surface area contributed by atoms with Gasteiger partial charge in [-0.2, -0.15) is 0 Å². The Labute approximate surface area is 130 Å². The third kappa shape index (κ3) is 45.5. The molecule has 0 aromatic heterocycles. The molecule has 124 valence electrons. The van der Waals surface area contributed by atoms with Crippen molar-refractivity contribution in [3.05, 3.63) is 10.8 Å². The van der Waals surface area contributed by atoms with Crippen molar-refractivity contribution in [2.24, 2.45) is 0 Å². The summed E-state index contributed by atoms with van der Waals surface area (Å²) in [6, 6.07) is 0. The minimum Gasteiger partial charge on any atom is -0.724 e.